The Labute approximate surface area is 161 Å². The van der Waals surface area contributed by atoms with Gasteiger partial charge in [-0.05, 0) is 58.4 Å². The van der Waals surface area contributed by atoms with Crippen molar-refractivity contribution in [2.45, 2.75) is 39.0 Å². The van der Waals surface area contributed by atoms with Crippen LogP contribution in [0, 0.1) is 0 Å². The predicted octanol–water partition coefficient (Wildman–Crippen LogP) is 5.62. The van der Waals surface area contributed by atoms with Crippen LogP contribution in [0.4, 0.5) is 5.69 Å². The highest BCUT2D eigenvalue weighted by atomic mass is 16.1. The van der Waals surface area contributed by atoms with E-state index in [4.69, 9.17) is 0 Å². The average molecular weight is 358 g/mol. The fourth-order valence-corrected chi connectivity index (χ4v) is 2.94. The van der Waals surface area contributed by atoms with Crippen LogP contribution < -0.4 is 5.32 Å². The molecule has 0 fully saturated rings. The fourth-order valence-electron chi connectivity index (χ4n) is 2.94. The molecule has 1 aromatic heterocycles. The molecule has 2 aromatic carbocycles. The van der Waals surface area contributed by atoms with Crippen molar-refractivity contribution in [1.29, 1.82) is 0 Å². The van der Waals surface area contributed by atoms with Gasteiger partial charge in [0.15, 0.2) is 0 Å². The van der Waals surface area contributed by atoms with Gasteiger partial charge in [0, 0.05) is 24.5 Å². The number of carbonyl (C=O) groups is 1. The maximum Gasteiger partial charge on any atom is 0.224 e. The van der Waals surface area contributed by atoms with Gasteiger partial charge in [-0.25, -0.2) is 0 Å². The first kappa shape index (κ1) is 18.8. The first-order valence-electron chi connectivity index (χ1n) is 9.31. The maximum absolute atomic E-state index is 12.2. The molecule has 0 aliphatic carbocycles. The highest BCUT2D eigenvalue weighted by Crippen LogP contribution is 2.23. The number of amides is 1. The van der Waals surface area contributed by atoms with Crippen LogP contribution in [0.25, 0.3) is 11.1 Å². The molecule has 3 aromatic rings. The predicted molar refractivity (Wildman–Crippen MR) is 112 cm³/mol. The SMILES string of the molecule is CC(C)(C)c1ccc(CCC(=O)Nc2ccc(-c3ccncc3)cc2)cc1. The van der Waals surface area contributed by atoms with E-state index in [1.54, 1.807) is 12.4 Å². The van der Waals surface area contributed by atoms with E-state index < -0.39 is 0 Å². The van der Waals surface area contributed by atoms with Crippen LogP contribution in [0.1, 0.15) is 38.3 Å². The third-order valence-corrected chi connectivity index (χ3v) is 4.64. The molecule has 1 amide bonds. The molecular weight excluding hydrogens is 332 g/mol. The Hall–Kier alpha value is -2.94. The van der Waals surface area contributed by atoms with Crippen molar-refractivity contribution in [3.63, 3.8) is 0 Å². The first-order chi connectivity index (χ1) is 12.9. The molecule has 3 heteroatoms. The topological polar surface area (TPSA) is 42.0 Å². The zero-order valence-electron chi connectivity index (χ0n) is 16.2. The summed E-state index contributed by atoms with van der Waals surface area (Å²) in [7, 11) is 0. The molecule has 3 rings (SSSR count). The lowest BCUT2D eigenvalue weighted by molar-refractivity contribution is -0.116. The Kier molecular flexibility index (Phi) is 5.70. The second-order valence-electron chi connectivity index (χ2n) is 7.81. The summed E-state index contributed by atoms with van der Waals surface area (Å²) in [5.74, 6) is 0.0339. The molecule has 0 spiro atoms. The highest BCUT2D eigenvalue weighted by molar-refractivity contribution is 5.91. The summed E-state index contributed by atoms with van der Waals surface area (Å²) < 4.78 is 0. The number of hydrogen-bond acceptors (Lipinski definition) is 2. The summed E-state index contributed by atoms with van der Waals surface area (Å²) in [6, 6.07) is 20.4. The highest BCUT2D eigenvalue weighted by Gasteiger charge is 2.13. The van der Waals surface area contributed by atoms with Crippen LogP contribution in [0.3, 0.4) is 0 Å². The quantitative estimate of drug-likeness (QED) is 0.643. The monoisotopic (exact) mass is 358 g/mol. The van der Waals surface area contributed by atoms with Crippen LogP contribution in [-0.4, -0.2) is 10.9 Å². The zero-order chi connectivity index (χ0) is 19.3. The minimum absolute atomic E-state index is 0.0339. The second-order valence-corrected chi connectivity index (χ2v) is 7.81. The van der Waals surface area contributed by atoms with E-state index >= 15 is 0 Å². The molecule has 0 atom stereocenters. The van der Waals surface area contributed by atoms with Gasteiger partial charge in [0.05, 0.1) is 0 Å². The summed E-state index contributed by atoms with van der Waals surface area (Å²) in [4.78, 5) is 16.3. The number of nitrogens with zero attached hydrogens (tertiary/aromatic N) is 1. The summed E-state index contributed by atoms with van der Waals surface area (Å²) in [6.07, 6.45) is 4.77. The largest absolute Gasteiger partial charge is 0.326 e. The van der Waals surface area contributed by atoms with Gasteiger partial charge < -0.3 is 5.32 Å². The molecule has 0 aliphatic rings. The van der Waals surface area contributed by atoms with Gasteiger partial charge in [0.2, 0.25) is 5.91 Å². The molecule has 0 saturated heterocycles. The Morgan fingerprint density at radius 3 is 2.04 bits per heavy atom. The lowest BCUT2D eigenvalue weighted by Gasteiger charge is -2.19. The smallest absolute Gasteiger partial charge is 0.224 e. The van der Waals surface area contributed by atoms with Crippen molar-refractivity contribution in [1.82, 2.24) is 4.98 Å². The van der Waals surface area contributed by atoms with Crippen LogP contribution >= 0.6 is 0 Å². The molecule has 0 unspecified atom stereocenters. The molecule has 27 heavy (non-hydrogen) atoms. The van der Waals surface area contributed by atoms with Crippen molar-refractivity contribution >= 4 is 11.6 Å². The molecule has 1 heterocycles. The normalized spacial score (nSPS) is 11.2. The number of rotatable bonds is 5. The van der Waals surface area contributed by atoms with Crippen LogP contribution in [-0.2, 0) is 16.6 Å². The molecule has 0 aliphatic heterocycles. The summed E-state index contributed by atoms with van der Waals surface area (Å²) in [5, 5.41) is 2.98. The molecular formula is C24H26N2O. The number of aryl methyl sites for hydroxylation is 1. The number of nitrogens with one attached hydrogen (secondary N) is 1. The van der Waals surface area contributed by atoms with Crippen LogP contribution in [0.5, 0.6) is 0 Å². The zero-order valence-corrected chi connectivity index (χ0v) is 16.2. The van der Waals surface area contributed by atoms with Gasteiger partial charge in [0.25, 0.3) is 0 Å². The molecule has 0 saturated carbocycles. The van der Waals surface area contributed by atoms with E-state index in [0.29, 0.717) is 6.42 Å². The minimum atomic E-state index is 0.0339. The van der Waals surface area contributed by atoms with Crippen LogP contribution in [0.15, 0.2) is 73.1 Å². The minimum Gasteiger partial charge on any atom is -0.326 e. The fraction of sp³-hybridized carbons (Fsp3) is 0.250. The molecule has 3 nitrogen and oxygen atoms in total. The van der Waals surface area contributed by atoms with E-state index in [1.807, 2.05) is 36.4 Å². The Morgan fingerprint density at radius 1 is 0.852 bits per heavy atom. The second kappa shape index (κ2) is 8.17. The Morgan fingerprint density at radius 2 is 1.44 bits per heavy atom. The van der Waals surface area contributed by atoms with Gasteiger partial charge in [-0.1, -0.05) is 57.2 Å². The number of benzene rings is 2. The molecule has 0 bridgehead atoms. The van der Waals surface area contributed by atoms with Crippen molar-refractivity contribution < 1.29 is 4.79 Å². The summed E-state index contributed by atoms with van der Waals surface area (Å²) in [5.41, 5.74) is 5.69. The number of hydrogen-bond donors (Lipinski definition) is 1. The van der Waals surface area contributed by atoms with Gasteiger partial charge in [-0.15, -0.1) is 0 Å². The Balaban J connectivity index is 1.53. The van der Waals surface area contributed by atoms with Gasteiger partial charge >= 0.3 is 0 Å². The van der Waals surface area contributed by atoms with E-state index in [-0.39, 0.29) is 11.3 Å². The van der Waals surface area contributed by atoms with Crippen LogP contribution in [0.2, 0.25) is 0 Å². The Bertz CT molecular complexity index is 876. The molecule has 0 radical (unpaired) electrons. The molecule has 138 valence electrons. The number of carbonyl (C=O) groups excluding carboxylic acids is 1. The van der Waals surface area contributed by atoms with Gasteiger partial charge in [-0.3, -0.25) is 9.78 Å². The van der Waals surface area contributed by atoms with E-state index in [0.717, 1.165) is 23.2 Å². The maximum atomic E-state index is 12.2. The first-order valence-corrected chi connectivity index (χ1v) is 9.31. The average Bonchev–Trinajstić information content (AvgIpc) is 2.67. The third-order valence-electron chi connectivity index (χ3n) is 4.64. The van der Waals surface area contributed by atoms with Crippen molar-refractivity contribution in [3.05, 3.63) is 84.2 Å². The van der Waals surface area contributed by atoms with Gasteiger partial charge in [0.1, 0.15) is 0 Å². The number of pyridine rings is 1. The third kappa shape index (κ3) is 5.27. The van der Waals surface area contributed by atoms with E-state index in [1.165, 1.54) is 11.1 Å². The van der Waals surface area contributed by atoms with E-state index in [2.05, 4.69) is 55.3 Å². The summed E-state index contributed by atoms with van der Waals surface area (Å²) in [6.45, 7) is 6.61. The van der Waals surface area contributed by atoms with Gasteiger partial charge in [-0.2, -0.15) is 0 Å². The lowest BCUT2D eigenvalue weighted by Crippen LogP contribution is -2.13. The summed E-state index contributed by atoms with van der Waals surface area (Å²) >= 11 is 0. The van der Waals surface area contributed by atoms with Crippen molar-refractivity contribution in [3.8, 4) is 11.1 Å². The van der Waals surface area contributed by atoms with Crippen molar-refractivity contribution in [2.75, 3.05) is 5.32 Å². The standard InChI is InChI=1S/C24H26N2O/c1-24(2,3)21-9-4-18(5-10-21)6-13-23(27)26-22-11-7-19(8-12-22)20-14-16-25-17-15-20/h4-5,7-12,14-17H,6,13H2,1-3H3,(H,26,27). The molecule has 1 N–H and O–H groups in total. The van der Waals surface area contributed by atoms with Crippen molar-refractivity contribution in [2.24, 2.45) is 0 Å². The lowest BCUT2D eigenvalue weighted by atomic mass is 9.86. The number of aromatic nitrogens is 1. The van der Waals surface area contributed by atoms with E-state index in [9.17, 15) is 4.79 Å². The number of anilines is 1.